The zero-order valence-corrected chi connectivity index (χ0v) is 23.0. The van der Waals surface area contributed by atoms with Gasteiger partial charge in [0.2, 0.25) is 0 Å². The number of carbonyl (C=O) groups excluding carboxylic acids is 1. The van der Waals surface area contributed by atoms with E-state index in [1.54, 1.807) is 13.0 Å². The maximum atomic E-state index is 13.4. The van der Waals surface area contributed by atoms with Gasteiger partial charge in [-0.25, -0.2) is 4.79 Å². The van der Waals surface area contributed by atoms with Gasteiger partial charge in [0.25, 0.3) is 0 Å². The van der Waals surface area contributed by atoms with Gasteiger partial charge in [-0.2, -0.15) is 0 Å². The van der Waals surface area contributed by atoms with E-state index in [-0.39, 0.29) is 13.2 Å². The molecule has 0 heterocycles. The van der Waals surface area contributed by atoms with E-state index in [2.05, 4.69) is 0 Å². The number of benzene rings is 5. The highest BCUT2D eigenvalue weighted by Crippen LogP contribution is 2.38. The summed E-state index contributed by atoms with van der Waals surface area (Å²) in [5.41, 5.74) is 4.85. The molecule has 0 aliphatic carbocycles. The lowest BCUT2D eigenvalue weighted by molar-refractivity contribution is 0.0522. The van der Waals surface area contributed by atoms with Gasteiger partial charge in [-0.05, 0) is 47.4 Å². The summed E-state index contributed by atoms with van der Waals surface area (Å²) in [6, 6.07) is 41.0. The van der Waals surface area contributed by atoms with E-state index in [4.69, 9.17) is 18.9 Å². The molecule has 0 saturated heterocycles. The molecule has 0 atom stereocenters. The molecule has 0 aliphatic heterocycles. The first kappa shape index (κ1) is 27.5. The van der Waals surface area contributed by atoms with Gasteiger partial charge in [0.15, 0.2) is 0 Å². The summed E-state index contributed by atoms with van der Waals surface area (Å²) >= 11 is 0. The highest BCUT2D eigenvalue weighted by atomic mass is 16.5. The molecule has 5 nitrogen and oxygen atoms in total. The molecule has 5 aromatic carbocycles. The van der Waals surface area contributed by atoms with Gasteiger partial charge in [-0.3, -0.25) is 0 Å². The summed E-state index contributed by atoms with van der Waals surface area (Å²) in [5, 5.41) is 0. The lowest BCUT2D eigenvalue weighted by Crippen LogP contribution is -2.11. The predicted octanol–water partition coefficient (Wildman–Crippen LogP) is 8.27. The molecular formula is C36H32O5. The molecule has 0 N–H and O–H groups in total. The SMILES string of the molecule is CCOC(=O)c1c(OCc2ccccc2)cc(OCc2ccccc2)cc1-c1cccc(OCc2ccccc2)c1. The normalized spacial score (nSPS) is 10.6. The minimum absolute atomic E-state index is 0.239. The van der Waals surface area contributed by atoms with Crippen LogP contribution < -0.4 is 14.2 Å². The Morgan fingerprint density at radius 2 is 1.10 bits per heavy atom. The average molecular weight is 545 g/mol. The third-order valence-corrected chi connectivity index (χ3v) is 6.43. The molecule has 0 bridgehead atoms. The zero-order chi connectivity index (χ0) is 28.3. The third-order valence-electron chi connectivity index (χ3n) is 6.43. The van der Waals surface area contributed by atoms with Crippen molar-refractivity contribution >= 4 is 5.97 Å². The molecule has 0 saturated carbocycles. The van der Waals surface area contributed by atoms with E-state index >= 15 is 0 Å². The smallest absolute Gasteiger partial charge is 0.342 e. The number of rotatable bonds is 12. The van der Waals surface area contributed by atoms with Crippen LogP contribution in [0.1, 0.15) is 34.0 Å². The van der Waals surface area contributed by atoms with E-state index in [0.717, 1.165) is 22.3 Å². The van der Waals surface area contributed by atoms with Crippen molar-refractivity contribution in [1.82, 2.24) is 0 Å². The standard InChI is InChI=1S/C36H32O5/c1-2-38-36(37)35-33(30-19-12-20-31(21-30)39-24-27-13-6-3-7-14-27)22-32(40-25-28-15-8-4-9-16-28)23-34(35)41-26-29-17-10-5-11-18-29/h3-23H,2,24-26H2,1H3. The Morgan fingerprint density at radius 1 is 0.561 bits per heavy atom. The summed E-state index contributed by atoms with van der Waals surface area (Å²) in [5.74, 6) is 1.19. The molecule has 0 spiro atoms. The van der Waals surface area contributed by atoms with Gasteiger partial charge in [0.1, 0.15) is 42.6 Å². The highest BCUT2D eigenvalue weighted by molar-refractivity contribution is 6.00. The molecule has 5 rings (SSSR count). The first-order valence-corrected chi connectivity index (χ1v) is 13.7. The fraction of sp³-hybridized carbons (Fsp3) is 0.139. The molecule has 0 aliphatic rings. The maximum Gasteiger partial charge on any atom is 0.342 e. The van der Waals surface area contributed by atoms with E-state index in [1.807, 2.05) is 121 Å². The summed E-state index contributed by atoms with van der Waals surface area (Å²) in [6.07, 6.45) is 0. The number of hydrogen-bond acceptors (Lipinski definition) is 5. The van der Waals surface area contributed by atoms with Crippen molar-refractivity contribution in [2.24, 2.45) is 0 Å². The second kappa shape index (κ2) is 13.9. The number of hydrogen-bond donors (Lipinski definition) is 0. The van der Waals surface area contributed by atoms with E-state index in [1.165, 1.54) is 0 Å². The zero-order valence-electron chi connectivity index (χ0n) is 23.0. The molecule has 0 radical (unpaired) electrons. The number of carbonyl (C=O) groups is 1. The monoisotopic (exact) mass is 544 g/mol. The first-order chi connectivity index (χ1) is 20.2. The largest absolute Gasteiger partial charge is 0.489 e. The Hall–Kier alpha value is -5.03. The summed E-state index contributed by atoms with van der Waals surface area (Å²) in [6.45, 7) is 3.12. The van der Waals surface area contributed by atoms with Crippen LogP contribution in [-0.2, 0) is 24.6 Å². The Kier molecular flexibility index (Phi) is 9.30. The van der Waals surface area contributed by atoms with Gasteiger partial charge < -0.3 is 18.9 Å². The average Bonchev–Trinajstić information content (AvgIpc) is 3.03. The van der Waals surface area contributed by atoms with Gasteiger partial charge in [0.05, 0.1) is 6.61 Å². The fourth-order valence-electron chi connectivity index (χ4n) is 4.40. The van der Waals surface area contributed by atoms with Crippen LogP contribution in [0.3, 0.4) is 0 Å². The van der Waals surface area contributed by atoms with E-state index in [0.29, 0.717) is 41.6 Å². The molecule has 0 unspecified atom stereocenters. The lowest BCUT2D eigenvalue weighted by atomic mass is 9.98. The quantitative estimate of drug-likeness (QED) is 0.148. The fourth-order valence-corrected chi connectivity index (χ4v) is 4.40. The van der Waals surface area contributed by atoms with Crippen LogP contribution in [0.4, 0.5) is 0 Å². The Bertz CT molecular complexity index is 1550. The van der Waals surface area contributed by atoms with Crippen LogP contribution in [0.15, 0.2) is 127 Å². The van der Waals surface area contributed by atoms with Crippen LogP contribution in [-0.4, -0.2) is 12.6 Å². The van der Waals surface area contributed by atoms with Crippen LogP contribution in [0.5, 0.6) is 17.2 Å². The molecule has 0 fully saturated rings. The minimum Gasteiger partial charge on any atom is -0.489 e. The van der Waals surface area contributed by atoms with Crippen LogP contribution in [0, 0.1) is 0 Å². The lowest BCUT2D eigenvalue weighted by Gasteiger charge is -2.18. The van der Waals surface area contributed by atoms with Crippen molar-refractivity contribution in [3.05, 3.63) is 150 Å². The predicted molar refractivity (Wildman–Crippen MR) is 160 cm³/mol. The topological polar surface area (TPSA) is 54.0 Å². The van der Waals surface area contributed by atoms with Crippen molar-refractivity contribution < 1.29 is 23.7 Å². The Balaban J connectivity index is 1.52. The second-order valence-corrected chi connectivity index (χ2v) is 9.42. The third kappa shape index (κ3) is 7.55. The first-order valence-electron chi connectivity index (χ1n) is 13.7. The highest BCUT2D eigenvalue weighted by Gasteiger charge is 2.23. The molecule has 5 aromatic rings. The van der Waals surface area contributed by atoms with Crippen LogP contribution in [0.2, 0.25) is 0 Å². The summed E-state index contributed by atoms with van der Waals surface area (Å²) < 4.78 is 24.1. The Labute approximate surface area is 240 Å². The molecule has 41 heavy (non-hydrogen) atoms. The molecule has 206 valence electrons. The van der Waals surface area contributed by atoms with Crippen molar-refractivity contribution in [3.8, 4) is 28.4 Å². The number of esters is 1. The molecular weight excluding hydrogens is 512 g/mol. The summed E-state index contributed by atoms with van der Waals surface area (Å²) in [7, 11) is 0. The molecule has 0 amide bonds. The number of ether oxygens (including phenoxy) is 4. The van der Waals surface area contributed by atoms with Crippen molar-refractivity contribution in [2.45, 2.75) is 26.7 Å². The van der Waals surface area contributed by atoms with Gasteiger partial charge >= 0.3 is 5.97 Å². The van der Waals surface area contributed by atoms with Crippen LogP contribution >= 0.6 is 0 Å². The second-order valence-electron chi connectivity index (χ2n) is 9.42. The molecule has 5 heteroatoms. The maximum absolute atomic E-state index is 13.4. The van der Waals surface area contributed by atoms with Crippen molar-refractivity contribution in [2.75, 3.05) is 6.61 Å². The summed E-state index contributed by atoms with van der Waals surface area (Å²) in [4.78, 5) is 13.4. The van der Waals surface area contributed by atoms with E-state index in [9.17, 15) is 4.79 Å². The van der Waals surface area contributed by atoms with Crippen molar-refractivity contribution in [1.29, 1.82) is 0 Å². The van der Waals surface area contributed by atoms with Gasteiger partial charge in [0, 0.05) is 11.6 Å². The van der Waals surface area contributed by atoms with Crippen LogP contribution in [0.25, 0.3) is 11.1 Å². The van der Waals surface area contributed by atoms with Crippen molar-refractivity contribution in [3.63, 3.8) is 0 Å². The van der Waals surface area contributed by atoms with Gasteiger partial charge in [-0.15, -0.1) is 0 Å². The Morgan fingerprint density at radius 3 is 1.66 bits per heavy atom. The van der Waals surface area contributed by atoms with E-state index < -0.39 is 5.97 Å². The minimum atomic E-state index is -0.462. The molecule has 0 aromatic heterocycles. The van der Waals surface area contributed by atoms with Gasteiger partial charge in [-0.1, -0.05) is 103 Å².